The SMILES string of the molecule is CCOC(=O)C(NS(=O)(=O)c1c(C)noc1C)C(O)c1ccccc1. The van der Waals surface area contributed by atoms with E-state index < -0.39 is 28.1 Å². The average molecular weight is 368 g/mol. The van der Waals surface area contributed by atoms with Crippen molar-refractivity contribution in [3.8, 4) is 0 Å². The molecular weight excluding hydrogens is 348 g/mol. The minimum atomic E-state index is -4.16. The first-order valence-electron chi connectivity index (χ1n) is 7.62. The summed E-state index contributed by atoms with van der Waals surface area (Å²) in [5.41, 5.74) is 0.531. The molecule has 1 heterocycles. The van der Waals surface area contributed by atoms with Crippen LogP contribution in [0.3, 0.4) is 0 Å². The van der Waals surface area contributed by atoms with Gasteiger partial charge in [0, 0.05) is 0 Å². The summed E-state index contributed by atoms with van der Waals surface area (Å²) in [5, 5.41) is 14.1. The predicted octanol–water partition coefficient (Wildman–Crippen LogP) is 1.24. The Hall–Kier alpha value is -2.23. The third-order valence-electron chi connectivity index (χ3n) is 3.52. The Bertz CT molecular complexity index is 812. The van der Waals surface area contributed by atoms with Gasteiger partial charge < -0.3 is 14.4 Å². The molecular formula is C16H20N2O6S. The van der Waals surface area contributed by atoms with E-state index in [1.54, 1.807) is 37.3 Å². The molecule has 0 saturated carbocycles. The van der Waals surface area contributed by atoms with Crippen molar-refractivity contribution in [3.05, 3.63) is 47.3 Å². The smallest absolute Gasteiger partial charge is 0.327 e. The number of hydrogen-bond donors (Lipinski definition) is 2. The molecule has 136 valence electrons. The Balaban J connectivity index is 2.38. The number of esters is 1. The van der Waals surface area contributed by atoms with Crippen molar-refractivity contribution >= 4 is 16.0 Å². The van der Waals surface area contributed by atoms with E-state index in [9.17, 15) is 18.3 Å². The van der Waals surface area contributed by atoms with E-state index in [0.29, 0.717) is 5.56 Å². The van der Waals surface area contributed by atoms with Crippen molar-refractivity contribution in [1.29, 1.82) is 0 Å². The van der Waals surface area contributed by atoms with Crippen LogP contribution in [-0.4, -0.2) is 37.3 Å². The van der Waals surface area contributed by atoms with Crippen LogP contribution in [0.2, 0.25) is 0 Å². The molecule has 8 nitrogen and oxygen atoms in total. The lowest BCUT2D eigenvalue weighted by Crippen LogP contribution is -2.46. The molecule has 2 rings (SSSR count). The molecule has 0 spiro atoms. The zero-order valence-electron chi connectivity index (χ0n) is 14.1. The molecule has 0 radical (unpaired) electrons. The Kier molecular flexibility index (Phi) is 5.93. The first-order chi connectivity index (χ1) is 11.8. The second-order valence-electron chi connectivity index (χ2n) is 5.36. The largest absolute Gasteiger partial charge is 0.465 e. The number of sulfonamides is 1. The van der Waals surface area contributed by atoms with Gasteiger partial charge in [0.25, 0.3) is 0 Å². The molecule has 25 heavy (non-hydrogen) atoms. The van der Waals surface area contributed by atoms with E-state index in [-0.39, 0.29) is 23.0 Å². The topological polar surface area (TPSA) is 119 Å². The first-order valence-corrected chi connectivity index (χ1v) is 9.11. The molecule has 2 atom stereocenters. The minimum absolute atomic E-state index is 0.0455. The second-order valence-corrected chi connectivity index (χ2v) is 7.01. The third-order valence-corrected chi connectivity index (χ3v) is 5.20. The van der Waals surface area contributed by atoms with Crippen LogP contribution in [0.1, 0.15) is 30.0 Å². The molecule has 0 aliphatic heterocycles. The molecule has 0 amide bonds. The van der Waals surface area contributed by atoms with Crippen molar-refractivity contribution in [1.82, 2.24) is 9.88 Å². The normalized spacial score (nSPS) is 14.1. The predicted molar refractivity (Wildman–Crippen MR) is 88.1 cm³/mol. The first kappa shape index (κ1) is 19.1. The van der Waals surface area contributed by atoms with Crippen LogP contribution in [-0.2, 0) is 19.6 Å². The number of aliphatic hydroxyl groups excluding tert-OH is 1. The van der Waals surface area contributed by atoms with Crippen LogP contribution in [0.25, 0.3) is 0 Å². The number of nitrogens with one attached hydrogen (secondary N) is 1. The van der Waals surface area contributed by atoms with Crippen LogP contribution in [0.5, 0.6) is 0 Å². The summed E-state index contributed by atoms with van der Waals surface area (Å²) in [5.74, 6) is -0.795. The highest BCUT2D eigenvalue weighted by Crippen LogP contribution is 2.23. The molecule has 0 fully saturated rings. The van der Waals surface area contributed by atoms with Crippen molar-refractivity contribution < 1.29 is 27.6 Å². The van der Waals surface area contributed by atoms with E-state index in [4.69, 9.17) is 9.26 Å². The van der Waals surface area contributed by atoms with Gasteiger partial charge in [0.1, 0.15) is 22.7 Å². The van der Waals surface area contributed by atoms with Crippen molar-refractivity contribution in [3.63, 3.8) is 0 Å². The fourth-order valence-electron chi connectivity index (χ4n) is 2.40. The molecule has 2 unspecified atom stereocenters. The van der Waals surface area contributed by atoms with Crippen molar-refractivity contribution in [2.75, 3.05) is 6.61 Å². The zero-order chi connectivity index (χ0) is 18.6. The lowest BCUT2D eigenvalue weighted by molar-refractivity contribution is -0.148. The maximum absolute atomic E-state index is 12.7. The van der Waals surface area contributed by atoms with Crippen molar-refractivity contribution in [2.45, 2.75) is 37.8 Å². The summed E-state index contributed by atoms with van der Waals surface area (Å²) in [6.45, 7) is 4.55. The summed E-state index contributed by atoms with van der Waals surface area (Å²) < 4.78 is 37.3. The zero-order valence-corrected chi connectivity index (χ0v) is 14.9. The number of hydrogen-bond acceptors (Lipinski definition) is 7. The number of aryl methyl sites for hydroxylation is 2. The van der Waals surface area contributed by atoms with Gasteiger partial charge in [0.05, 0.1) is 6.61 Å². The summed E-state index contributed by atoms with van der Waals surface area (Å²) >= 11 is 0. The van der Waals surface area contributed by atoms with Crippen LogP contribution >= 0.6 is 0 Å². The number of rotatable bonds is 7. The average Bonchev–Trinajstić information content (AvgIpc) is 2.92. The van der Waals surface area contributed by atoms with Gasteiger partial charge in [0.15, 0.2) is 5.76 Å². The van der Waals surface area contributed by atoms with Gasteiger partial charge in [-0.25, -0.2) is 8.42 Å². The van der Waals surface area contributed by atoms with E-state index in [0.717, 1.165) is 0 Å². The summed E-state index contributed by atoms with van der Waals surface area (Å²) in [6.07, 6.45) is -1.42. The molecule has 2 N–H and O–H groups in total. The van der Waals surface area contributed by atoms with Gasteiger partial charge in [0.2, 0.25) is 10.0 Å². The number of aliphatic hydroxyl groups is 1. The highest BCUT2D eigenvalue weighted by atomic mass is 32.2. The number of benzene rings is 1. The number of ether oxygens (including phenoxy) is 1. The molecule has 9 heteroatoms. The van der Waals surface area contributed by atoms with Crippen LogP contribution in [0.15, 0.2) is 39.8 Å². The fourth-order valence-corrected chi connectivity index (χ4v) is 3.92. The standard InChI is InChI=1S/C16H20N2O6S/c1-4-23-16(20)13(14(19)12-8-6-5-7-9-12)18-25(21,22)15-10(2)17-24-11(15)3/h5-9,13-14,18-19H,4H2,1-3H3. The van der Waals surface area contributed by atoms with E-state index in [2.05, 4.69) is 9.88 Å². The van der Waals surface area contributed by atoms with Gasteiger partial charge in [-0.1, -0.05) is 35.5 Å². The van der Waals surface area contributed by atoms with Crippen LogP contribution in [0.4, 0.5) is 0 Å². The maximum Gasteiger partial charge on any atom is 0.327 e. The van der Waals surface area contributed by atoms with E-state index in [1.165, 1.54) is 13.8 Å². The molecule has 0 aliphatic rings. The summed E-state index contributed by atoms with van der Waals surface area (Å²) in [4.78, 5) is 12.1. The Morgan fingerprint density at radius 2 is 1.96 bits per heavy atom. The fraction of sp³-hybridized carbons (Fsp3) is 0.375. The highest BCUT2D eigenvalue weighted by molar-refractivity contribution is 7.89. The number of aromatic nitrogens is 1. The van der Waals surface area contributed by atoms with Crippen LogP contribution in [0, 0.1) is 13.8 Å². The summed E-state index contributed by atoms with van der Waals surface area (Å²) in [6, 6.07) is 6.74. The van der Waals surface area contributed by atoms with Gasteiger partial charge in [-0.2, -0.15) is 4.72 Å². The minimum Gasteiger partial charge on any atom is -0.465 e. The number of carbonyl (C=O) groups excluding carboxylic acids is 1. The van der Waals surface area contributed by atoms with E-state index >= 15 is 0 Å². The Labute approximate surface area is 145 Å². The van der Waals surface area contributed by atoms with Crippen LogP contribution < -0.4 is 4.72 Å². The molecule has 0 bridgehead atoms. The Morgan fingerprint density at radius 1 is 1.32 bits per heavy atom. The molecule has 2 aromatic rings. The third kappa shape index (κ3) is 4.25. The van der Waals surface area contributed by atoms with Gasteiger partial charge >= 0.3 is 5.97 Å². The lowest BCUT2D eigenvalue weighted by atomic mass is 10.0. The molecule has 1 aromatic heterocycles. The summed E-state index contributed by atoms with van der Waals surface area (Å²) in [7, 11) is -4.16. The Morgan fingerprint density at radius 3 is 2.48 bits per heavy atom. The second kappa shape index (κ2) is 7.77. The molecule has 0 aliphatic carbocycles. The maximum atomic E-state index is 12.7. The molecule has 0 saturated heterocycles. The van der Waals surface area contributed by atoms with Gasteiger partial charge in [-0.15, -0.1) is 0 Å². The lowest BCUT2D eigenvalue weighted by Gasteiger charge is -2.22. The van der Waals surface area contributed by atoms with Crippen molar-refractivity contribution in [2.24, 2.45) is 0 Å². The molecule has 1 aromatic carbocycles. The van der Waals surface area contributed by atoms with E-state index in [1.807, 2.05) is 0 Å². The monoisotopic (exact) mass is 368 g/mol. The number of nitrogens with zero attached hydrogens (tertiary/aromatic N) is 1. The quantitative estimate of drug-likeness (QED) is 0.706. The highest BCUT2D eigenvalue weighted by Gasteiger charge is 2.36. The van der Waals surface area contributed by atoms with Gasteiger partial charge in [-0.3, -0.25) is 4.79 Å². The number of carbonyl (C=O) groups is 1. The van der Waals surface area contributed by atoms with Gasteiger partial charge in [-0.05, 0) is 26.3 Å².